The minimum atomic E-state index is -0.424. The van der Waals surface area contributed by atoms with E-state index in [1.807, 2.05) is 39.8 Å². The summed E-state index contributed by atoms with van der Waals surface area (Å²) < 4.78 is 1.88. The summed E-state index contributed by atoms with van der Waals surface area (Å²) >= 11 is 0. The predicted molar refractivity (Wildman–Crippen MR) is 198 cm³/mol. The van der Waals surface area contributed by atoms with Gasteiger partial charge in [-0.25, -0.2) is 4.98 Å². The number of nitro benzene ring substituents is 1. The number of aromatic nitrogens is 2. The number of rotatable bonds is 17. The van der Waals surface area contributed by atoms with Crippen molar-refractivity contribution in [3.63, 3.8) is 0 Å². The number of fused-ring (bicyclic) bond motifs is 1. The summed E-state index contributed by atoms with van der Waals surface area (Å²) in [5.74, 6) is -0.121. The lowest BCUT2D eigenvalue weighted by molar-refractivity contribution is -0.384. The molecule has 2 atom stereocenters. The molecule has 0 radical (unpaired) electrons. The monoisotopic (exact) mass is 673 g/mol. The third-order valence-electron chi connectivity index (χ3n) is 9.53. The summed E-state index contributed by atoms with van der Waals surface area (Å²) in [6.45, 7) is 7.58. The molecule has 0 saturated heterocycles. The van der Waals surface area contributed by atoms with E-state index in [2.05, 4.69) is 67.5 Å². The van der Waals surface area contributed by atoms with Gasteiger partial charge in [-0.05, 0) is 58.4 Å². The Balaban J connectivity index is 1.35. The van der Waals surface area contributed by atoms with E-state index < -0.39 is 4.92 Å². The van der Waals surface area contributed by atoms with Gasteiger partial charge in [0, 0.05) is 55.3 Å². The smallest absolute Gasteiger partial charge is 0.269 e. The lowest BCUT2D eigenvalue weighted by Crippen LogP contribution is -2.49. The lowest BCUT2D eigenvalue weighted by atomic mass is 9.97. The third kappa shape index (κ3) is 9.43. The number of imidazole rings is 1. The van der Waals surface area contributed by atoms with Crippen LogP contribution < -0.4 is 5.32 Å². The summed E-state index contributed by atoms with van der Waals surface area (Å²) in [7, 11) is 0. The molecule has 0 unspecified atom stereocenters. The Kier molecular flexibility index (Phi) is 12.5. The van der Waals surface area contributed by atoms with Crippen LogP contribution in [0.2, 0.25) is 0 Å². The molecule has 9 nitrogen and oxygen atoms in total. The summed E-state index contributed by atoms with van der Waals surface area (Å²) in [6.07, 6.45) is 8.75. The zero-order valence-corrected chi connectivity index (χ0v) is 29.3. The van der Waals surface area contributed by atoms with Crippen LogP contribution in [-0.4, -0.2) is 43.8 Å². The molecule has 0 spiro atoms. The van der Waals surface area contributed by atoms with Crippen molar-refractivity contribution in [3.05, 3.63) is 142 Å². The van der Waals surface area contributed by atoms with Crippen LogP contribution in [0.3, 0.4) is 0 Å². The topological polar surface area (TPSA) is 110 Å². The number of unbranched alkanes of at least 4 members (excludes halogenated alkanes) is 2. The zero-order chi connectivity index (χ0) is 35.5. The maximum absolute atomic E-state index is 14.3. The summed E-state index contributed by atoms with van der Waals surface area (Å²) in [6, 6.07) is 28.5. The highest BCUT2D eigenvalue weighted by molar-refractivity contribution is 5.95. The van der Waals surface area contributed by atoms with Crippen molar-refractivity contribution in [2.24, 2.45) is 5.92 Å². The van der Waals surface area contributed by atoms with Crippen molar-refractivity contribution in [3.8, 4) is 0 Å². The largest absolute Gasteiger partial charge is 0.351 e. The molecule has 0 aliphatic rings. The Bertz CT molecular complexity index is 1880. The molecule has 0 aliphatic carbocycles. The number of nitrogens with one attached hydrogen (secondary N) is 1. The fourth-order valence-corrected chi connectivity index (χ4v) is 6.30. The molecule has 9 heteroatoms. The van der Waals surface area contributed by atoms with Crippen molar-refractivity contribution < 1.29 is 14.5 Å². The number of nitrogens with zero attached hydrogens (tertiary/aromatic N) is 4. The van der Waals surface area contributed by atoms with Crippen molar-refractivity contribution in [1.29, 1.82) is 0 Å². The normalized spacial score (nSPS) is 12.4. The van der Waals surface area contributed by atoms with E-state index in [0.29, 0.717) is 25.2 Å². The fraction of sp³-hybridized carbons (Fsp3) is 0.341. The molecule has 0 saturated carbocycles. The second kappa shape index (κ2) is 17.4. The molecule has 1 heterocycles. The van der Waals surface area contributed by atoms with Gasteiger partial charge in [0.25, 0.3) is 11.6 Å². The van der Waals surface area contributed by atoms with Crippen molar-refractivity contribution in [2.75, 3.05) is 6.54 Å². The van der Waals surface area contributed by atoms with E-state index in [4.69, 9.17) is 0 Å². The van der Waals surface area contributed by atoms with Crippen LogP contribution in [0, 0.1) is 16.0 Å². The molecule has 0 bridgehead atoms. The van der Waals surface area contributed by atoms with Gasteiger partial charge in [-0.1, -0.05) is 107 Å². The van der Waals surface area contributed by atoms with Gasteiger partial charge in [-0.3, -0.25) is 19.7 Å². The van der Waals surface area contributed by atoms with Gasteiger partial charge in [0.1, 0.15) is 0 Å². The quantitative estimate of drug-likeness (QED) is 0.0609. The van der Waals surface area contributed by atoms with Crippen molar-refractivity contribution in [2.45, 2.75) is 78.4 Å². The van der Waals surface area contributed by atoms with Gasteiger partial charge in [-0.2, -0.15) is 0 Å². The maximum Gasteiger partial charge on any atom is 0.269 e. The Labute approximate surface area is 294 Å². The molecule has 0 aliphatic heterocycles. The lowest BCUT2D eigenvalue weighted by Gasteiger charge is -2.32. The van der Waals surface area contributed by atoms with E-state index in [-0.39, 0.29) is 35.9 Å². The summed E-state index contributed by atoms with van der Waals surface area (Å²) in [5, 5.41) is 16.5. The van der Waals surface area contributed by atoms with E-state index in [1.165, 1.54) is 30.5 Å². The molecule has 2 amide bonds. The van der Waals surface area contributed by atoms with Crippen LogP contribution in [0.25, 0.3) is 10.8 Å². The van der Waals surface area contributed by atoms with Gasteiger partial charge < -0.3 is 14.8 Å². The van der Waals surface area contributed by atoms with Crippen molar-refractivity contribution >= 4 is 28.3 Å². The molecule has 50 heavy (non-hydrogen) atoms. The van der Waals surface area contributed by atoms with Crippen LogP contribution in [0.5, 0.6) is 0 Å². The Morgan fingerprint density at radius 2 is 1.64 bits per heavy atom. The molecular formula is C41H47N5O4. The second-order valence-electron chi connectivity index (χ2n) is 13.2. The molecule has 5 aromatic rings. The van der Waals surface area contributed by atoms with Crippen LogP contribution in [0.15, 0.2) is 104 Å². The summed E-state index contributed by atoms with van der Waals surface area (Å²) in [4.78, 5) is 44.7. The van der Waals surface area contributed by atoms with Gasteiger partial charge in [0.05, 0.1) is 17.7 Å². The Hall–Kier alpha value is -5.31. The number of carbonyl (C=O) groups excluding carboxylic acids is 2. The first kappa shape index (κ1) is 36.0. The van der Waals surface area contributed by atoms with Crippen LogP contribution in [0.4, 0.5) is 5.69 Å². The van der Waals surface area contributed by atoms with Crippen LogP contribution in [-0.2, 0) is 30.7 Å². The van der Waals surface area contributed by atoms with Gasteiger partial charge >= 0.3 is 0 Å². The predicted octanol–water partition coefficient (Wildman–Crippen LogP) is 8.14. The molecule has 5 rings (SSSR count). The first-order valence-corrected chi connectivity index (χ1v) is 17.6. The molecule has 4 aromatic carbocycles. The molecule has 0 fully saturated rings. The van der Waals surface area contributed by atoms with E-state index >= 15 is 0 Å². The zero-order valence-electron chi connectivity index (χ0n) is 29.3. The average molecular weight is 674 g/mol. The van der Waals surface area contributed by atoms with Gasteiger partial charge in [0.15, 0.2) is 0 Å². The maximum atomic E-state index is 14.3. The van der Waals surface area contributed by atoms with Gasteiger partial charge in [-0.15, -0.1) is 0 Å². The van der Waals surface area contributed by atoms with Crippen molar-refractivity contribution in [1.82, 2.24) is 19.8 Å². The van der Waals surface area contributed by atoms with E-state index in [9.17, 15) is 19.7 Å². The van der Waals surface area contributed by atoms with E-state index in [0.717, 1.165) is 46.9 Å². The number of hydrogen-bond acceptors (Lipinski definition) is 5. The minimum Gasteiger partial charge on any atom is -0.351 e. The molecule has 260 valence electrons. The van der Waals surface area contributed by atoms with Gasteiger partial charge in [0.2, 0.25) is 5.91 Å². The fourth-order valence-electron chi connectivity index (χ4n) is 6.30. The molecule has 1 aromatic heterocycles. The van der Waals surface area contributed by atoms with Crippen LogP contribution >= 0.6 is 0 Å². The number of nitro groups is 1. The van der Waals surface area contributed by atoms with E-state index in [1.54, 1.807) is 24.7 Å². The SMILES string of the molecule is CCCCCc1ccc(C(=O)N(Cc2cccc3ccccc23)C[C@@H](NC(=O)Cc2cncn2Cc2ccc([N+](=O)[O-])cc2)[C@@H](C)CC)cc1. The number of aryl methyl sites for hydroxylation is 1. The van der Waals surface area contributed by atoms with Crippen LogP contribution in [0.1, 0.15) is 79.2 Å². The first-order chi connectivity index (χ1) is 24.2. The Morgan fingerprint density at radius 1 is 0.920 bits per heavy atom. The Morgan fingerprint density at radius 3 is 2.36 bits per heavy atom. The number of carbonyl (C=O) groups is 2. The number of non-ortho nitro benzene ring substituents is 1. The summed E-state index contributed by atoms with van der Waals surface area (Å²) in [5.41, 5.74) is 4.54. The number of amides is 2. The standard InChI is InChI=1S/C41H47N5O4/c1-4-6-7-11-31-16-20-34(21-17-31)41(48)44(27-35-14-10-13-33-12-8-9-15-38(33)35)28-39(30(3)5-2)43-40(47)24-37-25-42-29-45(37)26-32-18-22-36(23-19-32)46(49)50/h8-10,12-23,25,29-30,39H,4-7,11,24,26-28H2,1-3H3,(H,43,47)/t30-,39+/m0/s1. The first-order valence-electron chi connectivity index (χ1n) is 17.6. The minimum absolute atomic E-state index is 0.0301. The highest BCUT2D eigenvalue weighted by Gasteiger charge is 2.26. The third-order valence-corrected chi connectivity index (χ3v) is 9.53. The molecule has 1 N–H and O–H groups in total. The highest BCUT2D eigenvalue weighted by Crippen LogP contribution is 2.23. The highest BCUT2D eigenvalue weighted by atomic mass is 16.6. The second-order valence-corrected chi connectivity index (χ2v) is 13.2. The average Bonchev–Trinajstić information content (AvgIpc) is 3.56. The number of benzene rings is 4. The number of hydrogen-bond donors (Lipinski definition) is 1. The molecular weight excluding hydrogens is 626 g/mol.